The predicted molar refractivity (Wildman–Crippen MR) is 69.0 cm³/mol. The van der Waals surface area contributed by atoms with E-state index in [-0.39, 0.29) is 18.4 Å². The Kier molecular flexibility index (Phi) is 3.80. The third kappa shape index (κ3) is 2.19. The average molecular weight is 267 g/mol. The van der Waals surface area contributed by atoms with Crippen LogP contribution in [-0.2, 0) is 4.79 Å². The van der Waals surface area contributed by atoms with Crippen molar-refractivity contribution >= 4 is 11.6 Å². The van der Waals surface area contributed by atoms with Crippen molar-refractivity contribution in [3.05, 3.63) is 12.1 Å². The molecule has 1 heterocycles. The van der Waals surface area contributed by atoms with E-state index in [1.165, 1.54) is 21.3 Å². The first-order valence-corrected chi connectivity index (χ1v) is 5.88. The van der Waals surface area contributed by atoms with Gasteiger partial charge in [0.2, 0.25) is 11.7 Å². The van der Waals surface area contributed by atoms with Gasteiger partial charge in [0.05, 0.1) is 39.5 Å². The van der Waals surface area contributed by atoms with E-state index in [0.717, 1.165) is 0 Å². The van der Waals surface area contributed by atoms with Crippen LogP contribution >= 0.6 is 0 Å². The molecule has 0 aromatic heterocycles. The topological polar surface area (TPSA) is 68.2 Å². The molecule has 1 saturated heterocycles. The van der Waals surface area contributed by atoms with E-state index in [0.29, 0.717) is 29.5 Å². The molecule has 1 atom stereocenters. The smallest absolute Gasteiger partial charge is 0.234 e. The highest BCUT2D eigenvalue weighted by atomic mass is 16.5. The lowest BCUT2D eigenvalue weighted by molar-refractivity contribution is -0.128. The Hall–Kier alpha value is -1.95. The number of β-lactam (4-membered cyclic amide) rings is 1. The van der Waals surface area contributed by atoms with Crippen molar-refractivity contribution in [2.75, 3.05) is 39.4 Å². The van der Waals surface area contributed by atoms with Gasteiger partial charge in [0.25, 0.3) is 0 Å². The van der Waals surface area contributed by atoms with Crippen molar-refractivity contribution in [3.63, 3.8) is 0 Å². The van der Waals surface area contributed by atoms with Gasteiger partial charge in [-0.05, 0) is 0 Å². The molecule has 104 valence electrons. The van der Waals surface area contributed by atoms with E-state index in [2.05, 4.69) is 0 Å². The second-order valence-corrected chi connectivity index (χ2v) is 4.21. The van der Waals surface area contributed by atoms with Gasteiger partial charge in [-0.15, -0.1) is 0 Å². The van der Waals surface area contributed by atoms with Gasteiger partial charge in [0.15, 0.2) is 11.5 Å². The normalized spacial score (nSPS) is 18.0. The van der Waals surface area contributed by atoms with Gasteiger partial charge in [0.1, 0.15) is 0 Å². The number of benzene rings is 1. The minimum absolute atomic E-state index is 0.100. The third-order valence-electron chi connectivity index (χ3n) is 3.20. The summed E-state index contributed by atoms with van der Waals surface area (Å²) in [6, 6.07) is 3.43. The predicted octanol–water partition coefficient (Wildman–Crippen LogP) is 0.667. The molecule has 1 fully saturated rings. The summed E-state index contributed by atoms with van der Waals surface area (Å²) in [6.07, 6.45) is 0. The van der Waals surface area contributed by atoms with E-state index < -0.39 is 0 Å². The molecule has 6 nitrogen and oxygen atoms in total. The molecule has 0 unspecified atom stereocenters. The number of aliphatic hydroxyl groups is 1. The van der Waals surface area contributed by atoms with Crippen LogP contribution in [-0.4, -0.2) is 45.5 Å². The summed E-state index contributed by atoms with van der Waals surface area (Å²) in [5, 5.41) is 8.99. The van der Waals surface area contributed by atoms with E-state index in [1.54, 1.807) is 17.0 Å². The minimum atomic E-state index is -0.306. The molecule has 19 heavy (non-hydrogen) atoms. The van der Waals surface area contributed by atoms with Crippen LogP contribution in [0.15, 0.2) is 12.1 Å². The first-order chi connectivity index (χ1) is 9.15. The highest BCUT2D eigenvalue weighted by Gasteiger charge is 2.37. The molecule has 0 bridgehead atoms. The van der Waals surface area contributed by atoms with Crippen LogP contribution in [0.4, 0.5) is 5.69 Å². The zero-order valence-electron chi connectivity index (χ0n) is 11.2. The number of hydrogen-bond acceptors (Lipinski definition) is 5. The van der Waals surface area contributed by atoms with Crippen molar-refractivity contribution in [2.45, 2.75) is 0 Å². The molecule has 6 heteroatoms. The zero-order chi connectivity index (χ0) is 14.0. The van der Waals surface area contributed by atoms with Crippen LogP contribution in [0.3, 0.4) is 0 Å². The first kappa shape index (κ1) is 13.5. The number of amides is 1. The number of aliphatic hydroxyl groups excluding tert-OH is 1. The Labute approximate surface area is 111 Å². The summed E-state index contributed by atoms with van der Waals surface area (Å²) in [5.41, 5.74) is 0.671. The summed E-state index contributed by atoms with van der Waals surface area (Å²) in [5.74, 6) is 1.07. The van der Waals surface area contributed by atoms with Crippen molar-refractivity contribution in [2.24, 2.45) is 5.92 Å². The van der Waals surface area contributed by atoms with Crippen molar-refractivity contribution in [3.8, 4) is 17.2 Å². The molecular weight excluding hydrogens is 250 g/mol. The van der Waals surface area contributed by atoms with Gasteiger partial charge >= 0.3 is 0 Å². The molecule has 1 aliphatic rings. The van der Waals surface area contributed by atoms with Crippen LogP contribution in [0.25, 0.3) is 0 Å². The van der Waals surface area contributed by atoms with Gasteiger partial charge in [-0.1, -0.05) is 0 Å². The maximum Gasteiger partial charge on any atom is 0.234 e. The SMILES string of the molecule is COc1cc(N2C[C@H](CO)C2=O)cc(OC)c1OC. The largest absolute Gasteiger partial charge is 0.493 e. The minimum Gasteiger partial charge on any atom is -0.493 e. The number of nitrogens with zero attached hydrogens (tertiary/aromatic N) is 1. The molecule has 0 aliphatic carbocycles. The Morgan fingerprint density at radius 3 is 2.16 bits per heavy atom. The van der Waals surface area contributed by atoms with Crippen molar-refractivity contribution in [1.82, 2.24) is 0 Å². The number of carbonyl (C=O) groups excluding carboxylic acids is 1. The van der Waals surface area contributed by atoms with Gasteiger partial charge in [0, 0.05) is 18.7 Å². The Morgan fingerprint density at radius 2 is 1.79 bits per heavy atom. The number of methoxy groups -OCH3 is 3. The second-order valence-electron chi connectivity index (χ2n) is 4.21. The summed E-state index contributed by atoms with van der Waals surface area (Å²) < 4.78 is 15.7. The summed E-state index contributed by atoms with van der Waals surface area (Å²) in [7, 11) is 4.57. The highest BCUT2D eigenvalue weighted by molar-refractivity contribution is 6.02. The summed E-state index contributed by atoms with van der Waals surface area (Å²) >= 11 is 0. The fraction of sp³-hybridized carbons (Fsp3) is 0.462. The van der Waals surface area contributed by atoms with Crippen LogP contribution < -0.4 is 19.1 Å². The Morgan fingerprint density at radius 1 is 1.21 bits per heavy atom. The van der Waals surface area contributed by atoms with E-state index >= 15 is 0 Å². The third-order valence-corrected chi connectivity index (χ3v) is 3.20. The van der Waals surface area contributed by atoms with Crippen molar-refractivity contribution < 1.29 is 24.1 Å². The van der Waals surface area contributed by atoms with Gasteiger partial charge in [-0.3, -0.25) is 4.79 Å². The monoisotopic (exact) mass is 267 g/mol. The summed E-state index contributed by atoms with van der Waals surface area (Å²) in [6.45, 7) is 0.369. The fourth-order valence-corrected chi connectivity index (χ4v) is 2.09. The van der Waals surface area contributed by atoms with Gasteiger partial charge in [-0.25, -0.2) is 0 Å². The second kappa shape index (κ2) is 5.36. The number of ether oxygens (including phenoxy) is 3. The lowest BCUT2D eigenvalue weighted by Gasteiger charge is -2.37. The maximum absolute atomic E-state index is 11.8. The standard InChI is InChI=1S/C13H17NO5/c1-17-10-4-9(5-11(18-2)12(10)19-3)14-6-8(7-15)13(14)16/h4-5,8,15H,6-7H2,1-3H3/t8-/m1/s1. The fourth-order valence-electron chi connectivity index (χ4n) is 2.09. The molecule has 0 radical (unpaired) electrons. The Bertz CT molecular complexity index is 463. The molecule has 1 amide bonds. The average Bonchev–Trinajstić information content (AvgIpc) is 2.44. The maximum atomic E-state index is 11.8. The molecule has 1 aliphatic heterocycles. The van der Waals surface area contributed by atoms with E-state index in [1.807, 2.05) is 0 Å². The van der Waals surface area contributed by atoms with Crippen LogP contribution in [0.1, 0.15) is 0 Å². The number of hydrogen-bond donors (Lipinski definition) is 1. The Balaban J connectivity index is 2.35. The van der Waals surface area contributed by atoms with Crippen molar-refractivity contribution in [1.29, 1.82) is 0 Å². The number of carbonyl (C=O) groups is 1. The van der Waals surface area contributed by atoms with Crippen LogP contribution in [0.2, 0.25) is 0 Å². The lowest BCUT2D eigenvalue weighted by atomic mass is 9.99. The lowest BCUT2D eigenvalue weighted by Crippen LogP contribution is -2.54. The van der Waals surface area contributed by atoms with E-state index in [4.69, 9.17) is 19.3 Å². The molecule has 1 aromatic carbocycles. The molecule has 0 spiro atoms. The molecule has 2 rings (SSSR count). The zero-order valence-corrected chi connectivity index (χ0v) is 11.2. The molecule has 1 N–H and O–H groups in total. The van der Waals surface area contributed by atoms with Gasteiger partial charge in [-0.2, -0.15) is 0 Å². The van der Waals surface area contributed by atoms with Crippen LogP contribution in [0, 0.1) is 5.92 Å². The van der Waals surface area contributed by atoms with Crippen LogP contribution in [0.5, 0.6) is 17.2 Å². The van der Waals surface area contributed by atoms with Gasteiger partial charge < -0.3 is 24.2 Å². The number of rotatable bonds is 5. The quantitative estimate of drug-likeness (QED) is 0.794. The number of anilines is 1. The highest BCUT2D eigenvalue weighted by Crippen LogP contribution is 2.42. The molecular formula is C13H17NO5. The molecule has 0 saturated carbocycles. The molecule has 1 aromatic rings. The first-order valence-electron chi connectivity index (χ1n) is 5.88. The van der Waals surface area contributed by atoms with E-state index in [9.17, 15) is 4.79 Å². The summed E-state index contributed by atoms with van der Waals surface area (Å²) in [4.78, 5) is 13.4.